The molecule has 1 heterocycles. The highest BCUT2D eigenvalue weighted by atomic mass is 15.0. The molecule has 1 nitrogen and oxygen atoms in total. The first-order chi connectivity index (χ1) is 12.1. The molecule has 0 N–H and O–H groups in total. The summed E-state index contributed by atoms with van der Waals surface area (Å²) in [5.74, 6) is 4.34. The highest BCUT2D eigenvalue weighted by Crippen LogP contribution is 2.30. The van der Waals surface area contributed by atoms with Crippen LogP contribution in [0, 0.1) is 24.2 Å². The summed E-state index contributed by atoms with van der Waals surface area (Å²) >= 11 is 0. The quantitative estimate of drug-likeness (QED) is 0.428. The minimum atomic E-state index is 0.764. The van der Waals surface area contributed by atoms with Gasteiger partial charge in [-0.05, 0) is 42.5 Å². The lowest BCUT2D eigenvalue weighted by atomic mass is 9.97. The van der Waals surface area contributed by atoms with Crippen molar-refractivity contribution < 1.29 is 0 Å². The Hall–Kier alpha value is -2.20. The molecule has 3 rings (SSSR count). The van der Waals surface area contributed by atoms with Crippen LogP contribution in [0.2, 0.25) is 0 Å². The fraction of sp³-hybridized carbons (Fsp3) is 0.417. The van der Waals surface area contributed by atoms with Crippen molar-refractivity contribution in [1.82, 2.24) is 4.57 Å². The summed E-state index contributed by atoms with van der Waals surface area (Å²) in [6, 6.07) is 15.1. The number of para-hydroxylation sites is 1. The second kappa shape index (κ2) is 7.79. The van der Waals surface area contributed by atoms with E-state index in [0.717, 1.165) is 23.9 Å². The van der Waals surface area contributed by atoms with Gasteiger partial charge in [-0.1, -0.05) is 64.2 Å². The normalized spacial score (nSPS) is 12.8. The van der Waals surface area contributed by atoms with Gasteiger partial charge in [0, 0.05) is 33.9 Å². The molecule has 0 unspecified atom stereocenters. The molecule has 0 spiro atoms. The average Bonchev–Trinajstić information content (AvgIpc) is 2.92. The van der Waals surface area contributed by atoms with E-state index < -0.39 is 0 Å². The van der Waals surface area contributed by atoms with Gasteiger partial charge in [-0.3, -0.25) is 0 Å². The van der Waals surface area contributed by atoms with Crippen LogP contribution in [0.3, 0.4) is 0 Å². The highest BCUT2D eigenvalue weighted by Gasteiger charge is 2.12. The molecule has 0 aliphatic carbocycles. The van der Waals surface area contributed by atoms with Crippen LogP contribution in [0.15, 0.2) is 42.5 Å². The Morgan fingerprint density at radius 3 is 2.44 bits per heavy atom. The molecule has 25 heavy (non-hydrogen) atoms. The van der Waals surface area contributed by atoms with Crippen molar-refractivity contribution >= 4 is 21.8 Å². The van der Waals surface area contributed by atoms with Crippen molar-refractivity contribution in [3.63, 3.8) is 0 Å². The van der Waals surface area contributed by atoms with E-state index in [4.69, 9.17) is 6.42 Å². The second-order valence-corrected chi connectivity index (χ2v) is 7.76. The zero-order valence-electron chi connectivity index (χ0n) is 15.8. The summed E-state index contributed by atoms with van der Waals surface area (Å²) in [6.07, 6.45) is 10.8. The van der Waals surface area contributed by atoms with Gasteiger partial charge in [0.15, 0.2) is 0 Å². The van der Waals surface area contributed by atoms with E-state index in [0.29, 0.717) is 0 Å². The van der Waals surface area contributed by atoms with Crippen molar-refractivity contribution in [3.05, 3.63) is 48.0 Å². The van der Waals surface area contributed by atoms with E-state index in [1.165, 1.54) is 47.5 Å². The molecule has 1 heteroatoms. The lowest BCUT2D eigenvalue weighted by molar-refractivity contribution is 0.419. The average molecular weight is 332 g/mol. The smallest absolute Gasteiger partial charge is 0.0492 e. The van der Waals surface area contributed by atoms with Crippen molar-refractivity contribution in [2.45, 2.75) is 53.0 Å². The molecule has 0 radical (unpaired) electrons. The van der Waals surface area contributed by atoms with E-state index in [-0.39, 0.29) is 0 Å². The first kappa shape index (κ1) is 17.6. The highest BCUT2D eigenvalue weighted by molar-refractivity contribution is 6.08. The number of hydrogen-bond donors (Lipinski definition) is 0. The molecule has 0 saturated heterocycles. The van der Waals surface area contributed by atoms with Crippen LogP contribution in [0.25, 0.3) is 21.8 Å². The molecule has 130 valence electrons. The first-order valence-electron chi connectivity index (χ1n) is 9.57. The minimum absolute atomic E-state index is 0.764. The molecule has 0 saturated carbocycles. The topological polar surface area (TPSA) is 4.93 Å². The minimum Gasteiger partial charge on any atom is -0.340 e. The van der Waals surface area contributed by atoms with Crippen LogP contribution in [0.1, 0.15) is 52.0 Å². The van der Waals surface area contributed by atoms with Crippen LogP contribution in [-0.2, 0) is 6.54 Å². The molecule has 0 aliphatic heterocycles. The summed E-state index contributed by atoms with van der Waals surface area (Å²) in [7, 11) is 0. The number of benzene rings is 2. The van der Waals surface area contributed by atoms with Crippen LogP contribution in [0.5, 0.6) is 0 Å². The Morgan fingerprint density at radius 2 is 1.68 bits per heavy atom. The molecule has 0 amide bonds. The SMILES string of the molecule is C#Cc1ccc2c(c1)c1ccccc1n2CC[C@H](C)CCCC(C)C. The number of rotatable bonds is 7. The Labute approximate surface area is 152 Å². The lowest BCUT2D eigenvalue weighted by Crippen LogP contribution is -2.04. The van der Waals surface area contributed by atoms with Crippen molar-refractivity contribution in [1.29, 1.82) is 0 Å². The van der Waals surface area contributed by atoms with Gasteiger partial charge >= 0.3 is 0 Å². The summed E-state index contributed by atoms with van der Waals surface area (Å²) in [5, 5.41) is 2.58. The molecule has 0 aliphatic rings. The second-order valence-electron chi connectivity index (χ2n) is 7.76. The Bertz CT molecular complexity index is 891. The van der Waals surface area contributed by atoms with Gasteiger partial charge in [-0.25, -0.2) is 0 Å². The largest absolute Gasteiger partial charge is 0.340 e. The summed E-state index contributed by atoms with van der Waals surface area (Å²) in [5.41, 5.74) is 3.58. The molecular formula is C24H29N. The zero-order chi connectivity index (χ0) is 17.8. The molecule has 0 fully saturated rings. The Balaban J connectivity index is 1.84. The monoisotopic (exact) mass is 331 g/mol. The van der Waals surface area contributed by atoms with Crippen molar-refractivity contribution in [2.75, 3.05) is 0 Å². The van der Waals surface area contributed by atoms with Crippen LogP contribution < -0.4 is 0 Å². The first-order valence-corrected chi connectivity index (χ1v) is 9.57. The number of aryl methyl sites for hydroxylation is 1. The van der Waals surface area contributed by atoms with Crippen molar-refractivity contribution in [2.24, 2.45) is 11.8 Å². The predicted octanol–water partition coefficient (Wildman–Crippen LogP) is 6.63. The number of terminal acetylenes is 1. The van der Waals surface area contributed by atoms with Crippen LogP contribution in [0.4, 0.5) is 0 Å². The predicted molar refractivity (Wildman–Crippen MR) is 110 cm³/mol. The van der Waals surface area contributed by atoms with Gasteiger partial charge in [0.25, 0.3) is 0 Å². The van der Waals surface area contributed by atoms with Gasteiger partial charge in [-0.15, -0.1) is 6.42 Å². The molecule has 0 bridgehead atoms. The molecule has 3 aromatic rings. The molecule has 2 aromatic carbocycles. The number of hydrogen-bond acceptors (Lipinski definition) is 0. The third-order valence-electron chi connectivity index (χ3n) is 5.26. The maximum Gasteiger partial charge on any atom is 0.0492 e. The molecule has 1 aromatic heterocycles. The van der Waals surface area contributed by atoms with E-state index >= 15 is 0 Å². The van der Waals surface area contributed by atoms with Gasteiger partial charge in [0.05, 0.1) is 0 Å². The summed E-state index contributed by atoms with van der Waals surface area (Å²) in [4.78, 5) is 0. The maximum atomic E-state index is 5.60. The van der Waals surface area contributed by atoms with Crippen LogP contribution in [-0.4, -0.2) is 4.57 Å². The van der Waals surface area contributed by atoms with Gasteiger partial charge in [-0.2, -0.15) is 0 Å². The van der Waals surface area contributed by atoms with E-state index in [9.17, 15) is 0 Å². The van der Waals surface area contributed by atoms with Gasteiger partial charge < -0.3 is 4.57 Å². The fourth-order valence-electron chi connectivity index (χ4n) is 3.75. The Kier molecular flexibility index (Phi) is 5.49. The van der Waals surface area contributed by atoms with E-state index in [1.54, 1.807) is 0 Å². The standard InChI is InChI=1S/C24H29N/c1-5-20-13-14-24-22(17-20)21-11-6-7-12-23(21)25(24)16-15-19(4)10-8-9-18(2)3/h1,6-7,11-14,17-19H,8-10,15-16H2,2-4H3/t19-/m1/s1. The molecule has 1 atom stereocenters. The van der Waals surface area contributed by atoms with E-state index in [2.05, 4.69) is 73.7 Å². The molecular weight excluding hydrogens is 302 g/mol. The number of aromatic nitrogens is 1. The summed E-state index contributed by atoms with van der Waals surface area (Å²) < 4.78 is 2.48. The number of nitrogens with zero attached hydrogens (tertiary/aromatic N) is 1. The fourth-order valence-corrected chi connectivity index (χ4v) is 3.75. The van der Waals surface area contributed by atoms with Crippen LogP contribution >= 0.6 is 0 Å². The van der Waals surface area contributed by atoms with Gasteiger partial charge in [0.1, 0.15) is 0 Å². The van der Waals surface area contributed by atoms with Gasteiger partial charge in [0.2, 0.25) is 0 Å². The Morgan fingerprint density at radius 1 is 0.920 bits per heavy atom. The lowest BCUT2D eigenvalue weighted by Gasteiger charge is -2.14. The van der Waals surface area contributed by atoms with E-state index in [1.807, 2.05) is 0 Å². The van der Waals surface area contributed by atoms with Crippen molar-refractivity contribution in [3.8, 4) is 12.3 Å². The zero-order valence-corrected chi connectivity index (χ0v) is 15.8. The maximum absolute atomic E-state index is 5.60. The number of fused-ring (bicyclic) bond motifs is 3. The third kappa shape index (κ3) is 3.90. The summed E-state index contributed by atoms with van der Waals surface area (Å²) in [6.45, 7) is 8.09. The third-order valence-corrected chi connectivity index (χ3v) is 5.26.